The minimum absolute atomic E-state index is 0.0147. The Kier molecular flexibility index (Phi) is 9.23. The van der Waals surface area contributed by atoms with Gasteiger partial charge in [0.2, 0.25) is 0 Å². The third kappa shape index (κ3) is 6.08. The summed E-state index contributed by atoms with van der Waals surface area (Å²) in [5.74, 6) is -1.42. The van der Waals surface area contributed by atoms with E-state index >= 15 is 0 Å². The van der Waals surface area contributed by atoms with E-state index < -0.39 is 11.7 Å². The molecule has 0 heterocycles. The fourth-order valence-electron chi connectivity index (χ4n) is 2.21. The molecule has 0 amide bonds. The minimum Gasteiger partial charge on any atom is -0.507 e. The Balaban J connectivity index is 3.18. The van der Waals surface area contributed by atoms with E-state index in [4.69, 9.17) is 16.3 Å². The second-order valence-electron chi connectivity index (χ2n) is 5.46. The molecule has 6 heteroatoms. The van der Waals surface area contributed by atoms with Crippen molar-refractivity contribution in [1.82, 2.24) is 0 Å². The molecular formula is C20H24ClNO4. The Labute approximate surface area is 159 Å². The van der Waals surface area contributed by atoms with Gasteiger partial charge in [0.25, 0.3) is 0 Å². The summed E-state index contributed by atoms with van der Waals surface area (Å²) < 4.78 is 5.13. The maximum Gasteiger partial charge on any atom is 0.342 e. The molecule has 0 saturated heterocycles. The largest absolute Gasteiger partial charge is 0.507 e. The number of ether oxygens (including phenoxy) is 1. The Morgan fingerprint density at radius 1 is 1.23 bits per heavy atom. The lowest BCUT2D eigenvalue weighted by Gasteiger charge is -2.14. The van der Waals surface area contributed by atoms with Gasteiger partial charge in [-0.25, -0.2) is 4.79 Å². The van der Waals surface area contributed by atoms with E-state index in [2.05, 4.69) is 18.2 Å². The van der Waals surface area contributed by atoms with Gasteiger partial charge in [0, 0.05) is 25.2 Å². The average Bonchev–Trinajstić information content (AvgIpc) is 2.61. The van der Waals surface area contributed by atoms with Crippen LogP contribution in [0, 0.1) is 0 Å². The first kappa shape index (κ1) is 21.5. The standard InChI is InChI=1S/C20H24ClNO4/c1-4-6-8-9-10-14(22-3)12-15-18(20(25)26-11-7-5-2)16(23)13-17(24)19(15)21/h4-5,9-10,13,23-24H,1-2,6-8,11-12H2,3H3/b10-9+,22-14+. The van der Waals surface area contributed by atoms with Gasteiger partial charge in [-0.05, 0) is 30.9 Å². The number of aliphatic imine (C=N–C) groups is 1. The molecule has 0 bridgehead atoms. The number of phenols is 2. The van der Waals surface area contributed by atoms with E-state index in [1.165, 1.54) is 0 Å². The quantitative estimate of drug-likeness (QED) is 0.270. The summed E-state index contributed by atoms with van der Waals surface area (Å²) in [6.45, 7) is 7.36. The zero-order valence-corrected chi connectivity index (χ0v) is 15.6. The molecule has 0 radical (unpaired) electrons. The molecule has 26 heavy (non-hydrogen) atoms. The number of allylic oxidation sites excluding steroid dienone is 3. The molecule has 1 aromatic rings. The summed E-state index contributed by atoms with van der Waals surface area (Å²) >= 11 is 6.18. The zero-order chi connectivity index (χ0) is 19.5. The fraction of sp³-hybridized carbons (Fsp3) is 0.300. The Morgan fingerprint density at radius 3 is 2.54 bits per heavy atom. The zero-order valence-electron chi connectivity index (χ0n) is 14.9. The highest BCUT2D eigenvalue weighted by Gasteiger charge is 2.24. The number of unbranched alkanes of at least 4 members (excludes halogenated alkanes) is 1. The number of hydrogen-bond acceptors (Lipinski definition) is 5. The van der Waals surface area contributed by atoms with Crippen LogP contribution in [0.2, 0.25) is 5.02 Å². The topological polar surface area (TPSA) is 79.1 Å². The molecule has 1 rings (SSSR count). The number of carbonyl (C=O) groups excluding carboxylic acids is 1. The van der Waals surface area contributed by atoms with Crippen LogP contribution in [0.4, 0.5) is 0 Å². The van der Waals surface area contributed by atoms with Crippen LogP contribution in [0.15, 0.2) is 48.5 Å². The van der Waals surface area contributed by atoms with Gasteiger partial charge in [0.15, 0.2) is 0 Å². The van der Waals surface area contributed by atoms with Gasteiger partial charge in [0.05, 0.1) is 11.6 Å². The third-order valence-corrected chi connectivity index (χ3v) is 3.99. The lowest BCUT2D eigenvalue weighted by Crippen LogP contribution is -2.12. The van der Waals surface area contributed by atoms with Gasteiger partial charge >= 0.3 is 5.97 Å². The number of nitrogens with zero attached hydrogens (tertiary/aromatic N) is 1. The number of aromatic hydroxyl groups is 2. The molecule has 0 fully saturated rings. The predicted molar refractivity (Wildman–Crippen MR) is 106 cm³/mol. The van der Waals surface area contributed by atoms with Crippen LogP contribution >= 0.6 is 11.6 Å². The van der Waals surface area contributed by atoms with Crippen LogP contribution in [0.1, 0.15) is 35.2 Å². The van der Waals surface area contributed by atoms with Crippen molar-refractivity contribution >= 4 is 23.3 Å². The molecule has 0 unspecified atom stereocenters. The van der Waals surface area contributed by atoms with Gasteiger partial charge in [-0.1, -0.05) is 29.8 Å². The molecule has 0 saturated carbocycles. The fourth-order valence-corrected chi connectivity index (χ4v) is 2.43. The van der Waals surface area contributed by atoms with Crippen molar-refractivity contribution in [3.8, 4) is 11.5 Å². The molecule has 0 aliphatic heterocycles. The molecule has 5 nitrogen and oxygen atoms in total. The van der Waals surface area contributed by atoms with Crippen molar-refractivity contribution in [2.24, 2.45) is 4.99 Å². The smallest absolute Gasteiger partial charge is 0.342 e. The Morgan fingerprint density at radius 2 is 1.92 bits per heavy atom. The Hall–Kier alpha value is -2.53. The molecule has 0 aliphatic carbocycles. The number of rotatable bonds is 10. The molecule has 0 atom stereocenters. The number of esters is 1. The van der Waals surface area contributed by atoms with Crippen LogP contribution in [-0.2, 0) is 11.2 Å². The SMILES string of the molecule is C=CCC/C=C/C(Cc1c(Cl)c(O)cc(O)c1C(=O)OCCC=C)=N\C. The lowest BCUT2D eigenvalue weighted by molar-refractivity contribution is 0.0507. The highest BCUT2D eigenvalue weighted by atomic mass is 35.5. The summed E-state index contributed by atoms with van der Waals surface area (Å²) in [5.41, 5.74) is 0.834. The summed E-state index contributed by atoms with van der Waals surface area (Å²) in [5, 5.41) is 20.0. The first-order valence-electron chi connectivity index (χ1n) is 8.20. The summed E-state index contributed by atoms with van der Waals surface area (Å²) in [4.78, 5) is 16.5. The van der Waals surface area contributed by atoms with Crippen molar-refractivity contribution in [3.63, 3.8) is 0 Å². The number of benzene rings is 1. The van der Waals surface area contributed by atoms with E-state index in [1.54, 1.807) is 13.1 Å². The van der Waals surface area contributed by atoms with E-state index in [9.17, 15) is 15.0 Å². The number of phenolic OH excluding ortho intramolecular Hbond substituents is 2. The first-order chi connectivity index (χ1) is 12.5. The van der Waals surface area contributed by atoms with E-state index in [-0.39, 0.29) is 34.9 Å². The van der Waals surface area contributed by atoms with Gasteiger partial charge in [-0.3, -0.25) is 4.99 Å². The molecular weight excluding hydrogens is 354 g/mol. The van der Waals surface area contributed by atoms with E-state index in [0.29, 0.717) is 12.1 Å². The predicted octanol–water partition coefficient (Wildman–Crippen LogP) is 4.62. The van der Waals surface area contributed by atoms with E-state index in [0.717, 1.165) is 18.9 Å². The third-order valence-electron chi connectivity index (χ3n) is 3.57. The van der Waals surface area contributed by atoms with Crippen molar-refractivity contribution in [3.05, 3.63) is 59.7 Å². The van der Waals surface area contributed by atoms with Crippen LogP contribution in [0.3, 0.4) is 0 Å². The molecule has 140 valence electrons. The molecule has 0 spiro atoms. The average molecular weight is 378 g/mol. The van der Waals surface area contributed by atoms with Crippen LogP contribution < -0.4 is 0 Å². The monoisotopic (exact) mass is 377 g/mol. The number of carbonyl (C=O) groups is 1. The van der Waals surface area contributed by atoms with Crippen molar-refractivity contribution in [1.29, 1.82) is 0 Å². The lowest BCUT2D eigenvalue weighted by atomic mass is 9.99. The molecule has 1 aromatic carbocycles. The first-order valence-corrected chi connectivity index (χ1v) is 8.58. The minimum atomic E-state index is -0.715. The molecule has 0 aromatic heterocycles. The summed E-state index contributed by atoms with van der Waals surface area (Å²) in [6.07, 6.45) is 9.47. The molecule has 2 N–H and O–H groups in total. The van der Waals surface area contributed by atoms with Crippen LogP contribution in [-0.4, -0.2) is 35.5 Å². The van der Waals surface area contributed by atoms with Gasteiger partial charge in [-0.15, -0.1) is 13.2 Å². The second kappa shape index (κ2) is 11.2. The maximum atomic E-state index is 12.4. The van der Waals surface area contributed by atoms with Crippen molar-refractivity contribution in [2.75, 3.05) is 13.7 Å². The Bertz CT molecular complexity index is 723. The normalized spacial score (nSPS) is 11.5. The highest BCUT2D eigenvalue weighted by Crippen LogP contribution is 2.37. The van der Waals surface area contributed by atoms with Crippen molar-refractivity contribution in [2.45, 2.75) is 25.7 Å². The maximum absolute atomic E-state index is 12.4. The number of halogens is 1. The second-order valence-corrected chi connectivity index (χ2v) is 5.83. The van der Waals surface area contributed by atoms with Gasteiger partial charge in [-0.2, -0.15) is 0 Å². The molecule has 0 aliphatic rings. The summed E-state index contributed by atoms with van der Waals surface area (Å²) in [6, 6.07) is 1.03. The highest BCUT2D eigenvalue weighted by molar-refractivity contribution is 6.33. The number of hydrogen-bond donors (Lipinski definition) is 2. The van der Waals surface area contributed by atoms with E-state index in [1.807, 2.05) is 18.2 Å². The van der Waals surface area contributed by atoms with Crippen LogP contribution in [0.25, 0.3) is 0 Å². The van der Waals surface area contributed by atoms with Crippen molar-refractivity contribution < 1.29 is 19.7 Å². The van der Waals surface area contributed by atoms with Gasteiger partial charge < -0.3 is 14.9 Å². The van der Waals surface area contributed by atoms with Crippen LogP contribution in [0.5, 0.6) is 11.5 Å². The van der Waals surface area contributed by atoms with Gasteiger partial charge in [0.1, 0.15) is 17.1 Å². The summed E-state index contributed by atoms with van der Waals surface area (Å²) in [7, 11) is 1.62.